The Bertz CT molecular complexity index is 993. The Morgan fingerprint density at radius 3 is 2.32 bits per heavy atom. The SMILES string of the molecule is Cc1cc(CO)cnc1N1CCN(c2cc(N3CCCCC3)nc(N3CCCC3C)n2)C(C)C1. The second kappa shape index (κ2) is 9.94. The van der Waals surface area contributed by atoms with Crippen molar-refractivity contribution < 1.29 is 5.11 Å². The summed E-state index contributed by atoms with van der Waals surface area (Å²) in [5.41, 5.74) is 1.98. The lowest BCUT2D eigenvalue weighted by Crippen LogP contribution is -2.53. The molecule has 0 amide bonds. The number of aliphatic hydroxyl groups excluding tert-OH is 1. The van der Waals surface area contributed by atoms with Crippen molar-refractivity contribution >= 4 is 23.4 Å². The van der Waals surface area contributed by atoms with Gasteiger partial charge in [-0.05, 0) is 70.1 Å². The minimum Gasteiger partial charge on any atom is -0.392 e. The summed E-state index contributed by atoms with van der Waals surface area (Å²) in [6, 6.07) is 5.06. The van der Waals surface area contributed by atoms with Crippen LogP contribution >= 0.6 is 0 Å². The summed E-state index contributed by atoms with van der Waals surface area (Å²) in [6.45, 7) is 12.6. The van der Waals surface area contributed by atoms with Gasteiger partial charge in [0.2, 0.25) is 5.95 Å². The molecule has 1 N–H and O–H groups in total. The van der Waals surface area contributed by atoms with E-state index >= 15 is 0 Å². The largest absolute Gasteiger partial charge is 0.392 e. The van der Waals surface area contributed by atoms with E-state index in [0.717, 1.165) is 73.8 Å². The number of aliphatic hydroxyl groups is 1. The molecule has 5 heterocycles. The minimum atomic E-state index is 0.0311. The number of pyridine rings is 1. The van der Waals surface area contributed by atoms with E-state index in [1.807, 2.05) is 6.07 Å². The molecule has 3 aliphatic rings. The number of aryl methyl sites for hydroxylation is 1. The van der Waals surface area contributed by atoms with Crippen molar-refractivity contribution in [3.63, 3.8) is 0 Å². The first kappa shape index (κ1) is 23.1. The number of aromatic nitrogens is 3. The molecule has 2 aromatic heterocycles. The van der Waals surface area contributed by atoms with Crippen LogP contribution in [0.15, 0.2) is 18.3 Å². The number of piperidine rings is 1. The molecule has 0 spiro atoms. The first-order valence-electron chi connectivity index (χ1n) is 13.0. The van der Waals surface area contributed by atoms with Gasteiger partial charge in [-0.15, -0.1) is 0 Å². The molecule has 2 unspecified atom stereocenters. The van der Waals surface area contributed by atoms with E-state index in [-0.39, 0.29) is 6.61 Å². The summed E-state index contributed by atoms with van der Waals surface area (Å²) in [5.74, 6) is 4.06. The molecule has 184 valence electrons. The van der Waals surface area contributed by atoms with Gasteiger partial charge >= 0.3 is 0 Å². The van der Waals surface area contributed by atoms with Gasteiger partial charge in [-0.2, -0.15) is 9.97 Å². The number of rotatable bonds is 5. The number of hydrogen-bond acceptors (Lipinski definition) is 8. The van der Waals surface area contributed by atoms with Gasteiger partial charge < -0.3 is 24.7 Å². The summed E-state index contributed by atoms with van der Waals surface area (Å²) in [5, 5.41) is 9.42. The Labute approximate surface area is 203 Å². The molecular weight excluding hydrogens is 426 g/mol. The van der Waals surface area contributed by atoms with Crippen molar-refractivity contribution in [3.05, 3.63) is 29.5 Å². The smallest absolute Gasteiger partial charge is 0.229 e. The maximum Gasteiger partial charge on any atom is 0.229 e. The van der Waals surface area contributed by atoms with Crippen LogP contribution in [0, 0.1) is 6.92 Å². The van der Waals surface area contributed by atoms with Crippen molar-refractivity contribution in [1.82, 2.24) is 15.0 Å². The van der Waals surface area contributed by atoms with Crippen LogP contribution in [0.2, 0.25) is 0 Å². The van der Waals surface area contributed by atoms with E-state index in [2.05, 4.69) is 51.4 Å². The first-order valence-corrected chi connectivity index (χ1v) is 13.0. The summed E-state index contributed by atoms with van der Waals surface area (Å²) in [4.78, 5) is 24.5. The van der Waals surface area contributed by atoms with Crippen LogP contribution in [0.5, 0.6) is 0 Å². The molecule has 2 aromatic rings. The van der Waals surface area contributed by atoms with E-state index in [1.165, 1.54) is 32.1 Å². The van der Waals surface area contributed by atoms with Gasteiger partial charge in [0, 0.05) is 63.6 Å². The van der Waals surface area contributed by atoms with Crippen LogP contribution in [0.25, 0.3) is 0 Å². The normalized spacial score (nSPS) is 23.6. The second-order valence-electron chi connectivity index (χ2n) is 10.2. The lowest BCUT2D eigenvalue weighted by atomic mass is 10.1. The Kier molecular flexibility index (Phi) is 6.77. The average Bonchev–Trinajstić information content (AvgIpc) is 3.30. The molecule has 0 saturated carbocycles. The van der Waals surface area contributed by atoms with Gasteiger partial charge in [0.15, 0.2) is 0 Å². The second-order valence-corrected chi connectivity index (χ2v) is 10.2. The summed E-state index contributed by atoms with van der Waals surface area (Å²) in [6.07, 6.45) is 8.01. The van der Waals surface area contributed by atoms with Crippen molar-refractivity contribution in [2.45, 2.75) is 71.6 Å². The van der Waals surface area contributed by atoms with Crippen LogP contribution < -0.4 is 19.6 Å². The zero-order chi connectivity index (χ0) is 23.7. The molecule has 3 saturated heterocycles. The molecule has 0 aromatic carbocycles. The molecule has 5 rings (SSSR count). The highest BCUT2D eigenvalue weighted by atomic mass is 16.3. The highest BCUT2D eigenvalue weighted by molar-refractivity contribution is 5.58. The predicted octanol–water partition coefficient (Wildman–Crippen LogP) is 3.37. The van der Waals surface area contributed by atoms with Gasteiger partial charge in [-0.3, -0.25) is 0 Å². The summed E-state index contributed by atoms with van der Waals surface area (Å²) >= 11 is 0. The average molecular weight is 466 g/mol. The molecule has 0 bridgehead atoms. The molecule has 3 fully saturated rings. The number of anilines is 4. The quantitative estimate of drug-likeness (QED) is 0.721. The topological polar surface area (TPSA) is 71.9 Å². The fraction of sp³-hybridized carbons (Fsp3) is 0.654. The molecule has 8 nitrogen and oxygen atoms in total. The number of piperazine rings is 1. The van der Waals surface area contributed by atoms with Crippen molar-refractivity contribution in [2.75, 3.05) is 58.9 Å². The number of nitrogens with zero attached hydrogens (tertiary/aromatic N) is 7. The Morgan fingerprint density at radius 1 is 0.853 bits per heavy atom. The van der Waals surface area contributed by atoms with Gasteiger partial charge in [-0.1, -0.05) is 0 Å². The predicted molar refractivity (Wildman–Crippen MR) is 138 cm³/mol. The van der Waals surface area contributed by atoms with E-state index in [4.69, 9.17) is 9.97 Å². The van der Waals surface area contributed by atoms with Crippen LogP contribution in [0.1, 0.15) is 57.1 Å². The lowest BCUT2D eigenvalue weighted by molar-refractivity contribution is 0.281. The zero-order valence-corrected chi connectivity index (χ0v) is 20.9. The van der Waals surface area contributed by atoms with E-state index in [9.17, 15) is 5.11 Å². The summed E-state index contributed by atoms with van der Waals surface area (Å²) in [7, 11) is 0. The van der Waals surface area contributed by atoms with Crippen LogP contribution in [0.3, 0.4) is 0 Å². The summed E-state index contributed by atoms with van der Waals surface area (Å²) < 4.78 is 0. The fourth-order valence-corrected chi connectivity index (χ4v) is 5.73. The molecule has 2 atom stereocenters. The Hall–Kier alpha value is -2.61. The third kappa shape index (κ3) is 4.65. The van der Waals surface area contributed by atoms with Crippen LogP contribution in [0.4, 0.5) is 23.4 Å². The monoisotopic (exact) mass is 465 g/mol. The number of hydrogen-bond donors (Lipinski definition) is 1. The van der Waals surface area contributed by atoms with Crippen molar-refractivity contribution in [2.24, 2.45) is 0 Å². The van der Waals surface area contributed by atoms with Crippen LogP contribution in [-0.4, -0.2) is 71.4 Å². The molecule has 0 aliphatic carbocycles. The highest BCUT2D eigenvalue weighted by Gasteiger charge is 2.30. The molecule has 8 heteroatoms. The Balaban J connectivity index is 1.40. The zero-order valence-electron chi connectivity index (χ0n) is 20.9. The van der Waals surface area contributed by atoms with Gasteiger partial charge in [-0.25, -0.2) is 4.98 Å². The van der Waals surface area contributed by atoms with E-state index < -0.39 is 0 Å². The lowest BCUT2D eigenvalue weighted by Gasteiger charge is -2.42. The first-order chi connectivity index (χ1) is 16.5. The maximum absolute atomic E-state index is 9.42. The van der Waals surface area contributed by atoms with Crippen molar-refractivity contribution in [1.29, 1.82) is 0 Å². The van der Waals surface area contributed by atoms with Gasteiger partial charge in [0.05, 0.1) is 6.61 Å². The molecule has 0 radical (unpaired) electrons. The highest BCUT2D eigenvalue weighted by Crippen LogP contribution is 2.31. The van der Waals surface area contributed by atoms with Crippen molar-refractivity contribution in [3.8, 4) is 0 Å². The van der Waals surface area contributed by atoms with Gasteiger partial charge in [0.1, 0.15) is 17.5 Å². The maximum atomic E-state index is 9.42. The van der Waals surface area contributed by atoms with E-state index in [0.29, 0.717) is 12.1 Å². The minimum absolute atomic E-state index is 0.0311. The van der Waals surface area contributed by atoms with Crippen LogP contribution in [-0.2, 0) is 6.61 Å². The Morgan fingerprint density at radius 2 is 1.65 bits per heavy atom. The van der Waals surface area contributed by atoms with Gasteiger partial charge in [0.25, 0.3) is 0 Å². The molecular formula is C26H39N7O. The molecule has 34 heavy (non-hydrogen) atoms. The third-order valence-electron chi connectivity index (χ3n) is 7.69. The fourth-order valence-electron chi connectivity index (χ4n) is 5.73. The molecule has 3 aliphatic heterocycles. The standard InChI is InChI=1S/C26H39N7O/c1-19-14-22(18-34)16-27-25(19)31-12-13-32(21(3)17-31)24-15-23(30-9-5-4-6-10-30)28-26(29-24)33-11-7-8-20(33)2/h14-16,20-21,34H,4-13,17-18H2,1-3H3. The third-order valence-corrected chi connectivity index (χ3v) is 7.69. The van der Waals surface area contributed by atoms with E-state index in [1.54, 1.807) is 6.20 Å².